The molecule has 0 unspecified atom stereocenters. The summed E-state index contributed by atoms with van der Waals surface area (Å²) >= 11 is 0. The quantitative estimate of drug-likeness (QED) is 0.637. The maximum Gasteiger partial charge on any atom is 0.0484 e. The molecule has 0 amide bonds. The Kier molecular flexibility index (Phi) is 2.35. The second-order valence-corrected chi connectivity index (χ2v) is 2.42. The third-order valence-electron chi connectivity index (χ3n) is 1.82. The van der Waals surface area contributed by atoms with E-state index in [4.69, 9.17) is 0 Å². The summed E-state index contributed by atoms with van der Waals surface area (Å²) in [5.74, 6) is 0. The van der Waals surface area contributed by atoms with E-state index in [1.165, 1.54) is 18.7 Å². The molecule has 1 aromatic heterocycles. The zero-order valence-corrected chi connectivity index (χ0v) is 6.45. The molecule has 1 aromatic rings. The van der Waals surface area contributed by atoms with Crippen LogP contribution in [0.1, 0.15) is 18.2 Å². The lowest BCUT2D eigenvalue weighted by molar-refractivity contribution is 0.376. The third-order valence-corrected chi connectivity index (χ3v) is 1.82. The second kappa shape index (κ2) is 3.08. The Bertz CT molecular complexity index is 179. The molecule has 1 atom stereocenters. The van der Waals surface area contributed by atoms with Crippen molar-refractivity contribution in [3.05, 3.63) is 24.0 Å². The van der Waals surface area contributed by atoms with E-state index >= 15 is 0 Å². The minimum atomic E-state index is 0. The Hall–Kier alpha value is -0.470. The summed E-state index contributed by atoms with van der Waals surface area (Å²) in [4.78, 5) is 3.18. The van der Waals surface area contributed by atoms with Crippen molar-refractivity contribution in [1.82, 2.24) is 10.3 Å². The van der Waals surface area contributed by atoms with Crippen LogP contribution in [0.25, 0.3) is 0 Å². The number of H-pyrrole nitrogens is 1. The summed E-state index contributed by atoms with van der Waals surface area (Å²) in [5, 5.41) is 3.32. The Balaban J connectivity index is 0.000000500. The first-order valence-corrected chi connectivity index (χ1v) is 3.33. The molecule has 1 saturated heterocycles. The predicted octanol–water partition coefficient (Wildman–Crippen LogP) is 1.47. The van der Waals surface area contributed by atoms with Crippen molar-refractivity contribution in [2.24, 2.45) is 0 Å². The fraction of sp³-hybridized carbons (Fsp3) is 0.429. The van der Waals surface area contributed by atoms with Crippen LogP contribution in [0.2, 0.25) is 0 Å². The molecule has 2 N–H and O–H groups in total. The first kappa shape index (κ1) is 7.63. The molecular formula is C7H11ClN2. The van der Waals surface area contributed by atoms with Crippen molar-refractivity contribution in [2.45, 2.75) is 12.5 Å². The van der Waals surface area contributed by atoms with Gasteiger partial charge < -0.3 is 10.3 Å². The van der Waals surface area contributed by atoms with E-state index in [1.807, 2.05) is 12.3 Å². The summed E-state index contributed by atoms with van der Waals surface area (Å²) in [6, 6.07) is 4.77. The van der Waals surface area contributed by atoms with Gasteiger partial charge in [-0.25, -0.2) is 0 Å². The van der Waals surface area contributed by atoms with Crippen LogP contribution < -0.4 is 5.32 Å². The summed E-state index contributed by atoms with van der Waals surface area (Å²) < 4.78 is 0. The van der Waals surface area contributed by atoms with Gasteiger partial charge in [0.05, 0.1) is 0 Å². The fourth-order valence-electron chi connectivity index (χ4n) is 1.12. The van der Waals surface area contributed by atoms with E-state index in [9.17, 15) is 0 Å². The number of halogens is 1. The smallest absolute Gasteiger partial charge is 0.0484 e. The van der Waals surface area contributed by atoms with Gasteiger partial charge >= 0.3 is 0 Å². The Morgan fingerprint density at radius 1 is 1.50 bits per heavy atom. The van der Waals surface area contributed by atoms with Crippen LogP contribution in [0, 0.1) is 0 Å². The van der Waals surface area contributed by atoms with Crippen LogP contribution in [0.5, 0.6) is 0 Å². The van der Waals surface area contributed by atoms with E-state index in [-0.39, 0.29) is 12.4 Å². The monoisotopic (exact) mass is 158 g/mol. The van der Waals surface area contributed by atoms with Gasteiger partial charge in [0.2, 0.25) is 0 Å². The molecule has 10 heavy (non-hydrogen) atoms. The van der Waals surface area contributed by atoms with Gasteiger partial charge in [-0.3, -0.25) is 0 Å². The van der Waals surface area contributed by atoms with Crippen molar-refractivity contribution in [1.29, 1.82) is 0 Å². The van der Waals surface area contributed by atoms with E-state index in [0.717, 1.165) is 0 Å². The summed E-state index contributed by atoms with van der Waals surface area (Å²) in [7, 11) is 0. The van der Waals surface area contributed by atoms with Gasteiger partial charge in [-0.05, 0) is 25.1 Å². The number of hydrogen-bond donors (Lipinski definition) is 2. The third kappa shape index (κ3) is 1.18. The lowest BCUT2D eigenvalue weighted by Crippen LogP contribution is -2.35. The Morgan fingerprint density at radius 3 is 2.70 bits per heavy atom. The maximum atomic E-state index is 3.32. The number of aromatic nitrogens is 1. The molecule has 2 heterocycles. The molecule has 3 heteroatoms. The van der Waals surface area contributed by atoms with Crippen molar-refractivity contribution in [2.75, 3.05) is 6.54 Å². The van der Waals surface area contributed by atoms with Crippen molar-refractivity contribution in [3.8, 4) is 0 Å². The maximum absolute atomic E-state index is 3.32. The lowest BCUT2D eigenvalue weighted by Gasteiger charge is -2.26. The van der Waals surface area contributed by atoms with Gasteiger partial charge in [0.1, 0.15) is 0 Å². The van der Waals surface area contributed by atoms with Crippen molar-refractivity contribution >= 4 is 12.4 Å². The van der Waals surface area contributed by atoms with Crippen LogP contribution in [0.4, 0.5) is 0 Å². The van der Waals surface area contributed by atoms with Crippen molar-refractivity contribution < 1.29 is 0 Å². The average molecular weight is 159 g/mol. The van der Waals surface area contributed by atoms with Crippen LogP contribution in [-0.2, 0) is 0 Å². The van der Waals surface area contributed by atoms with Gasteiger partial charge in [-0.1, -0.05) is 0 Å². The zero-order valence-electron chi connectivity index (χ0n) is 5.63. The number of nitrogens with one attached hydrogen (secondary N) is 2. The number of aromatic amines is 1. The molecule has 0 aromatic carbocycles. The lowest BCUT2D eigenvalue weighted by atomic mass is 10.0. The minimum absolute atomic E-state index is 0. The molecule has 2 rings (SSSR count). The largest absolute Gasteiger partial charge is 0.364 e. The number of hydrogen-bond acceptors (Lipinski definition) is 1. The van der Waals surface area contributed by atoms with Crippen LogP contribution >= 0.6 is 12.4 Å². The second-order valence-electron chi connectivity index (χ2n) is 2.42. The predicted molar refractivity (Wildman–Crippen MR) is 43.4 cm³/mol. The summed E-state index contributed by atoms with van der Waals surface area (Å²) in [6.45, 7) is 1.17. The normalized spacial score (nSPS) is 23.0. The molecule has 1 aliphatic rings. The highest BCUT2D eigenvalue weighted by Crippen LogP contribution is 2.19. The minimum Gasteiger partial charge on any atom is -0.364 e. The molecule has 0 radical (unpaired) electrons. The molecule has 0 spiro atoms. The van der Waals surface area contributed by atoms with Crippen molar-refractivity contribution in [3.63, 3.8) is 0 Å². The molecule has 1 aliphatic heterocycles. The topological polar surface area (TPSA) is 27.8 Å². The highest BCUT2D eigenvalue weighted by Gasteiger charge is 2.17. The van der Waals surface area contributed by atoms with Crippen LogP contribution in [0.15, 0.2) is 18.3 Å². The molecular weight excluding hydrogens is 148 g/mol. The fourth-order valence-corrected chi connectivity index (χ4v) is 1.12. The molecule has 0 aliphatic carbocycles. The molecule has 1 fully saturated rings. The summed E-state index contributed by atoms with van der Waals surface area (Å²) in [6.07, 6.45) is 3.25. The first-order valence-electron chi connectivity index (χ1n) is 3.33. The SMILES string of the molecule is Cl.c1c[nH]c([C@H]2CCN2)c1. The molecule has 0 saturated carbocycles. The van der Waals surface area contributed by atoms with E-state index in [2.05, 4.69) is 16.4 Å². The van der Waals surface area contributed by atoms with E-state index in [0.29, 0.717) is 6.04 Å². The molecule has 2 nitrogen and oxygen atoms in total. The Morgan fingerprint density at radius 2 is 2.30 bits per heavy atom. The van der Waals surface area contributed by atoms with Gasteiger partial charge in [0.25, 0.3) is 0 Å². The van der Waals surface area contributed by atoms with Crippen LogP contribution in [0.3, 0.4) is 0 Å². The standard InChI is InChI=1S/C7H10N2.ClH/c1-2-6(8-4-1)7-3-5-9-7;/h1-2,4,7-9H,3,5H2;1H/t7-;/m1./s1. The highest BCUT2D eigenvalue weighted by molar-refractivity contribution is 5.85. The van der Waals surface area contributed by atoms with Crippen LogP contribution in [-0.4, -0.2) is 11.5 Å². The highest BCUT2D eigenvalue weighted by atomic mass is 35.5. The van der Waals surface area contributed by atoms with Gasteiger partial charge in [-0.15, -0.1) is 12.4 Å². The van der Waals surface area contributed by atoms with Gasteiger partial charge in [-0.2, -0.15) is 0 Å². The molecule has 0 bridgehead atoms. The zero-order chi connectivity index (χ0) is 6.10. The average Bonchev–Trinajstić information content (AvgIpc) is 2.11. The van der Waals surface area contributed by atoms with E-state index < -0.39 is 0 Å². The van der Waals surface area contributed by atoms with Gasteiger partial charge in [0.15, 0.2) is 0 Å². The van der Waals surface area contributed by atoms with E-state index in [1.54, 1.807) is 0 Å². The number of rotatable bonds is 1. The summed E-state index contributed by atoms with van der Waals surface area (Å²) in [5.41, 5.74) is 1.32. The Labute approximate surface area is 66.4 Å². The van der Waals surface area contributed by atoms with Gasteiger partial charge in [0, 0.05) is 17.9 Å². The first-order chi connectivity index (χ1) is 4.47. The molecule has 56 valence electrons.